The second kappa shape index (κ2) is 5.29. The number of aromatic nitrogens is 1. The fraction of sp³-hybridized carbons (Fsp3) is 0.176. The Morgan fingerprint density at radius 2 is 1.68 bits per heavy atom. The van der Waals surface area contributed by atoms with Crippen LogP contribution in [0.4, 0.5) is 0 Å². The lowest BCUT2D eigenvalue weighted by Crippen LogP contribution is -2.08. The van der Waals surface area contributed by atoms with Gasteiger partial charge in [0.05, 0.1) is 0 Å². The van der Waals surface area contributed by atoms with Crippen LogP contribution in [-0.4, -0.2) is 11.5 Å². The van der Waals surface area contributed by atoms with Crippen LogP contribution in [0.3, 0.4) is 0 Å². The third-order valence-corrected chi connectivity index (χ3v) is 3.65. The predicted molar refractivity (Wildman–Crippen MR) is 80.3 cm³/mol. The zero-order valence-electron chi connectivity index (χ0n) is 10.8. The van der Waals surface area contributed by atoms with Crippen LogP contribution < -0.4 is 5.73 Å². The van der Waals surface area contributed by atoms with E-state index in [2.05, 4.69) is 65.8 Å². The van der Waals surface area contributed by atoms with Crippen molar-refractivity contribution < 1.29 is 0 Å². The highest BCUT2D eigenvalue weighted by atomic mass is 14.7. The first-order chi connectivity index (χ1) is 9.40. The predicted octanol–water partition coefficient (Wildman–Crippen LogP) is 3.65. The highest BCUT2D eigenvalue weighted by Crippen LogP contribution is 2.32. The molecule has 2 aromatic carbocycles. The van der Waals surface area contributed by atoms with E-state index in [1.165, 1.54) is 22.0 Å². The molecule has 0 aliphatic rings. The van der Waals surface area contributed by atoms with Crippen LogP contribution in [0.5, 0.6) is 0 Å². The summed E-state index contributed by atoms with van der Waals surface area (Å²) in [7, 11) is 0. The van der Waals surface area contributed by atoms with Crippen LogP contribution in [0.25, 0.3) is 10.9 Å². The first kappa shape index (κ1) is 12.0. The average molecular weight is 250 g/mol. The summed E-state index contributed by atoms with van der Waals surface area (Å²) in [5.74, 6) is 0.363. The molecule has 1 atom stereocenters. The highest BCUT2D eigenvalue weighted by Gasteiger charge is 2.16. The maximum Gasteiger partial charge on any atom is 0.0457 e. The first-order valence-corrected chi connectivity index (χ1v) is 6.71. The van der Waals surface area contributed by atoms with Crippen LogP contribution in [0.15, 0.2) is 60.8 Å². The number of benzene rings is 2. The standard InChI is InChI=1S/C17H18N2/c18-11-10-14(13-6-2-1-3-7-13)16-12-19-17-9-5-4-8-15(16)17/h1-9,12,14,19H,10-11,18H2/t14-/m1/s1. The largest absolute Gasteiger partial charge is 0.361 e. The Labute approximate surface area is 113 Å². The van der Waals surface area contributed by atoms with Gasteiger partial charge in [-0.3, -0.25) is 0 Å². The van der Waals surface area contributed by atoms with E-state index in [0.29, 0.717) is 12.5 Å². The zero-order chi connectivity index (χ0) is 13.1. The van der Waals surface area contributed by atoms with E-state index in [4.69, 9.17) is 5.73 Å². The molecule has 3 rings (SSSR count). The molecular formula is C17H18N2. The van der Waals surface area contributed by atoms with Crippen LogP contribution in [0.2, 0.25) is 0 Å². The smallest absolute Gasteiger partial charge is 0.0457 e. The normalized spacial score (nSPS) is 12.7. The minimum Gasteiger partial charge on any atom is -0.361 e. The Morgan fingerprint density at radius 3 is 2.47 bits per heavy atom. The Balaban J connectivity index is 2.10. The fourth-order valence-corrected chi connectivity index (χ4v) is 2.74. The minimum atomic E-state index is 0.363. The Kier molecular flexibility index (Phi) is 3.34. The van der Waals surface area contributed by atoms with Crippen molar-refractivity contribution in [2.24, 2.45) is 5.73 Å². The van der Waals surface area contributed by atoms with Gasteiger partial charge >= 0.3 is 0 Å². The molecule has 0 saturated heterocycles. The molecule has 0 aliphatic carbocycles. The van der Waals surface area contributed by atoms with E-state index in [1.54, 1.807) is 0 Å². The van der Waals surface area contributed by atoms with Gasteiger partial charge in [-0.25, -0.2) is 0 Å². The number of hydrogen-bond donors (Lipinski definition) is 2. The Morgan fingerprint density at radius 1 is 0.947 bits per heavy atom. The maximum atomic E-state index is 5.81. The number of fused-ring (bicyclic) bond motifs is 1. The van der Waals surface area contributed by atoms with E-state index in [1.807, 2.05) is 0 Å². The van der Waals surface area contributed by atoms with Crippen LogP contribution >= 0.6 is 0 Å². The van der Waals surface area contributed by atoms with Crippen LogP contribution in [0, 0.1) is 0 Å². The second-order valence-electron chi connectivity index (χ2n) is 4.83. The fourth-order valence-electron chi connectivity index (χ4n) is 2.74. The lowest BCUT2D eigenvalue weighted by atomic mass is 9.88. The Hall–Kier alpha value is -2.06. The molecule has 0 unspecified atom stereocenters. The summed E-state index contributed by atoms with van der Waals surface area (Å²) in [6.07, 6.45) is 3.09. The van der Waals surface area contributed by atoms with Gasteiger partial charge in [0.1, 0.15) is 0 Å². The summed E-state index contributed by atoms with van der Waals surface area (Å²) in [5.41, 5.74) is 9.67. The molecule has 0 saturated carbocycles. The quantitative estimate of drug-likeness (QED) is 0.729. The molecule has 96 valence electrons. The number of para-hydroxylation sites is 1. The van der Waals surface area contributed by atoms with Crippen molar-refractivity contribution in [3.05, 3.63) is 71.9 Å². The van der Waals surface area contributed by atoms with Crippen molar-refractivity contribution in [3.63, 3.8) is 0 Å². The summed E-state index contributed by atoms with van der Waals surface area (Å²) < 4.78 is 0. The Bertz CT molecular complexity index is 655. The van der Waals surface area contributed by atoms with Gasteiger partial charge in [-0.15, -0.1) is 0 Å². The molecule has 0 spiro atoms. The monoisotopic (exact) mass is 250 g/mol. The van der Waals surface area contributed by atoms with Gasteiger partial charge in [-0.05, 0) is 30.2 Å². The van der Waals surface area contributed by atoms with E-state index in [0.717, 1.165) is 6.42 Å². The summed E-state index contributed by atoms with van der Waals surface area (Å²) in [5, 5.41) is 1.30. The summed E-state index contributed by atoms with van der Waals surface area (Å²) >= 11 is 0. The summed E-state index contributed by atoms with van der Waals surface area (Å²) in [4.78, 5) is 3.36. The molecule has 0 radical (unpaired) electrons. The molecule has 1 aromatic heterocycles. The molecule has 2 heteroatoms. The van der Waals surface area contributed by atoms with E-state index >= 15 is 0 Å². The third kappa shape index (κ3) is 2.27. The summed E-state index contributed by atoms with van der Waals surface area (Å²) in [6, 6.07) is 19.0. The lowest BCUT2D eigenvalue weighted by Gasteiger charge is -2.16. The van der Waals surface area contributed by atoms with Gasteiger partial charge in [0.2, 0.25) is 0 Å². The SMILES string of the molecule is NCC[C@H](c1ccccc1)c1c[nH]c2ccccc12. The van der Waals surface area contributed by atoms with Crippen molar-refractivity contribution in [1.29, 1.82) is 0 Å². The van der Waals surface area contributed by atoms with Crippen LogP contribution in [0.1, 0.15) is 23.5 Å². The van der Waals surface area contributed by atoms with Crippen molar-refractivity contribution in [2.75, 3.05) is 6.54 Å². The second-order valence-corrected chi connectivity index (χ2v) is 4.83. The third-order valence-electron chi connectivity index (χ3n) is 3.65. The molecule has 0 aliphatic heterocycles. The van der Waals surface area contributed by atoms with E-state index in [-0.39, 0.29) is 0 Å². The highest BCUT2D eigenvalue weighted by molar-refractivity contribution is 5.84. The molecule has 19 heavy (non-hydrogen) atoms. The molecule has 0 amide bonds. The number of H-pyrrole nitrogens is 1. The van der Waals surface area contributed by atoms with E-state index < -0.39 is 0 Å². The maximum absolute atomic E-state index is 5.81. The molecule has 2 nitrogen and oxygen atoms in total. The average Bonchev–Trinajstić information content (AvgIpc) is 2.89. The number of aromatic amines is 1. The van der Waals surface area contributed by atoms with Gasteiger partial charge < -0.3 is 10.7 Å². The first-order valence-electron chi connectivity index (χ1n) is 6.71. The molecular weight excluding hydrogens is 232 g/mol. The minimum absolute atomic E-state index is 0.363. The van der Waals surface area contributed by atoms with Gasteiger partial charge in [-0.1, -0.05) is 48.5 Å². The molecule has 3 aromatic rings. The number of nitrogens with two attached hydrogens (primary N) is 1. The number of hydrogen-bond acceptors (Lipinski definition) is 1. The molecule has 1 heterocycles. The van der Waals surface area contributed by atoms with Gasteiger partial charge in [-0.2, -0.15) is 0 Å². The van der Waals surface area contributed by atoms with Gasteiger partial charge in [0.25, 0.3) is 0 Å². The zero-order valence-corrected chi connectivity index (χ0v) is 10.8. The van der Waals surface area contributed by atoms with Crippen LogP contribution in [-0.2, 0) is 0 Å². The number of nitrogens with one attached hydrogen (secondary N) is 1. The number of rotatable bonds is 4. The molecule has 0 fully saturated rings. The lowest BCUT2D eigenvalue weighted by molar-refractivity contribution is 0.731. The molecule has 3 N–H and O–H groups in total. The molecule has 0 bridgehead atoms. The van der Waals surface area contributed by atoms with Gasteiger partial charge in [0, 0.05) is 23.0 Å². The van der Waals surface area contributed by atoms with Crippen molar-refractivity contribution in [2.45, 2.75) is 12.3 Å². The topological polar surface area (TPSA) is 41.8 Å². The van der Waals surface area contributed by atoms with Crippen molar-refractivity contribution in [1.82, 2.24) is 4.98 Å². The van der Waals surface area contributed by atoms with Crippen molar-refractivity contribution >= 4 is 10.9 Å². The summed E-state index contributed by atoms with van der Waals surface area (Å²) in [6.45, 7) is 0.694. The van der Waals surface area contributed by atoms with Gasteiger partial charge in [0.15, 0.2) is 0 Å². The van der Waals surface area contributed by atoms with Crippen molar-refractivity contribution in [3.8, 4) is 0 Å². The van der Waals surface area contributed by atoms with E-state index in [9.17, 15) is 0 Å².